The summed E-state index contributed by atoms with van der Waals surface area (Å²) in [6.45, 7) is 5.70. The van der Waals surface area contributed by atoms with Gasteiger partial charge in [0.05, 0.1) is 6.42 Å². The maximum absolute atomic E-state index is 13.4. The fourth-order valence-electron chi connectivity index (χ4n) is 3.48. The summed E-state index contributed by atoms with van der Waals surface area (Å²) in [5.41, 5.74) is 9.63. The zero-order valence-corrected chi connectivity index (χ0v) is 18.6. The number of pyridine rings is 1. The number of nitrogens with zero attached hydrogens (tertiary/aromatic N) is 3. The number of benzene rings is 1. The maximum Gasteiger partial charge on any atom is 0.299 e. The van der Waals surface area contributed by atoms with Gasteiger partial charge in [0.25, 0.3) is 5.56 Å². The van der Waals surface area contributed by atoms with Crippen LogP contribution < -0.4 is 21.9 Å². The first kappa shape index (κ1) is 22.9. The van der Waals surface area contributed by atoms with Gasteiger partial charge in [0.2, 0.25) is 5.91 Å². The first-order valence-corrected chi connectivity index (χ1v) is 10.3. The Morgan fingerprint density at radius 1 is 1.25 bits per heavy atom. The number of nitrogens with one attached hydrogen (secondary N) is 2. The van der Waals surface area contributed by atoms with E-state index in [0.717, 1.165) is 5.56 Å². The summed E-state index contributed by atoms with van der Waals surface area (Å²) in [4.78, 5) is 33.9. The van der Waals surface area contributed by atoms with Gasteiger partial charge in [-0.2, -0.15) is 0 Å². The average Bonchev–Trinajstić information content (AvgIpc) is 2.76. The number of carbonyl (C=O) groups is 1. The summed E-state index contributed by atoms with van der Waals surface area (Å²) < 4.78 is 14.8. The first-order chi connectivity index (χ1) is 15.2. The molecule has 0 aliphatic carbocycles. The Bertz CT molecular complexity index is 1220. The predicted octanol–water partition coefficient (Wildman–Crippen LogP) is 2.22. The molecule has 9 heteroatoms. The molecule has 1 amide bonds. The van der Waals surface area contributed by atoms with Crippen molar-refractivity contribution in [3.05, 3.63) is 74.7 Å². The second kappa shape index (κ2) is 9.59. The lowest BCUT2D eigenvalue weighted by Crippen LogP contribution is -2.28. The summed E-state index contributed by atoms with van der Waals surface area (Å²) in [6, 6.07) is 6.32. The molecule has 2 heterocycles. The predicted molar refractivity (Wildman–Crippen MR) is 123 cm³/mol. The summed E-state index contributed by atoms with van der Waals surface area (Å²) in [5, 5.41) is 5.61. The largest absolute Gasteiger partial charge is 0.398 e. The van der Waals surface area contributed by atoms with Crippen molar-refractivity contribution < 1.29 is 9.18 Å². The lowest BCUT2D eigenvalue weighted by molar-refractivity contribution is -0.119. The monoisotopic (exact) mass is 438 g/mol. The van der Waals surface area contributed by atoms with E-state index in [0.29, 0.717) is 47.0 Å². The Morgan fingerprint density at radius 3 is 2.69 bits per heavy atom. The highest BCUT2D eigenvalue weighted by atomic mass is 19.1. The van der Waals surface area contributed by atoms with Crippen LogP contribution in [0, 0.1) is 26.6 Å². The van der Waals surface area contributed by atoms with E-state index >= 15 is 0 Å². The Balaban J connectivity index is 1.93. The number of amides is 1. The highest BCUT2D eigenvalue weighted by Crippen LogP contribution is 2.25. The highest BCUT2D eigenvalue weighted by molar-refractivity contribution is 5.81. The van der Waals surface area contributed by atoms with Crippen LogP contribution >= 0.6 is 0 Å². The van der Waals surface area contributed by atoms with Gasteiger partial charge in [-0.3, -0.25) is 14.2 Å². The molecular formula is C23H27FN6O2. The fourth-order valence-corrected chi connectivity index (χ4v) is 3.48. The molecule has 0 bridgehead atoms. The molecule has 4 N–H and O–H groups in total. The molecule has 8 nitrogen and oxygen atoms in total. The molecule has 168 valence electrons. The van der Waals surface area contributed by atoms with Crippen LogP contribution in [0.25, 0.3) is 5.82 Å². The number of likely N-dealkylation sites (N-methyl/N-ethyl adjacent to an activating group) is 1. The smallest absolute Gasteiger partial charge is 0.299 e. The van der Waals surface area contributed by atoms with Crippen LogP contribution in [0.3, 0.4) is 0 Å². The molecule has 1 aromatic carbocycles. The minimum atomic E-state index is -0.363. The van der Waals surface area contributed by atoms with Gasteiger partial charge in [-0.25, -0.2) is 14.4 Å². The number of rotatable bonds is 7. The van der Waals surface area contributed by atoms with Crippen LogP contribution in [0.2, 0.25) is 0 Å². The molecule has 0 saturated heterocycles. The van der Waals surface area contributed by atoms with Crippen LogP contribution in [-0.4, -0.2) is 34.0 Å². The third-order valence-corrected chi connectivity index (χ3v) is 5.34. The number of aryl methyl sites for hydroxylation is 2. The zero-order valence-electron chi connectivity index (χ0n) is 18.6. The average molecular weight is 439 g/mol. The van der Waals surface area contributed by atoms with Gasteiger partial charge in [-0.05, 0) is 44.9 Å². The van der Waals surface area contributed by atoms with Crippen LogP contribution in [0.1, 0.15) is 28.1 Å². The molecular weight excluding hydrogens is 411 g/mol. The van der Waals surface area contributed by atoms with E-state index in [1.54, 1.807) is 40.1 Å². The number of nitrogen functional groups attached to an aromatic ring is 1. The molecule has 0 spiro atoms. The van der Waals surface area contributed by atoms with Gasteiger partial charge in [0.1, 0.15) is 11.6 Å². The van der Waals surface area contributed by atoms with Crippen molar-refractivity contribution in [2.24, 2.45) is 0 Å². The van der Waals surface area contributed by atoms with E-state index in [-0.39, 0.29) is 29.5 Å². The van der Waals surface area contributed by atoms with Crippen molar-refractivity contribution in [3.8, 4) is 5.82 Å². The van der Waals surface area contributed by atoms with Crippen molar-refractivity contribution in [3.63, 3.8) is 0 Å². The van der Waals surface area contributed by atoms with Gasteiger partial charge < -0.3 is 16.4 Å². The molecule has 2 aromatic heterocycles. The summed E-state index contributed by atoms with van der Waals surface area (Å²) >= 11 is 0. The molecule has 0 saturated carbocycles. The van der Waals surface area contributed by atoms with Crippen LogP contribution in [0.15, 0.2) is 35.3 Å². The van der Waals surface area contributed by atoms with Crippen molar-refractivity contribution in [1.29, 1.82) is 0 Å². The number of hydrogen-bond donors (Lipinski definition) is 3. The van der Waals surface area contributed by atoms with Crippen molar-refractivity contribution in [2.45, 2.75) is 33.6 Å². The van der Waals surface area contributed by atoms with Crippen LogP contribution in [0.5, 0.6) is 0 Å². The first-order valence-electron chi connectivity index (χ1n) is 10.3. The van der Waals surface area contributed by atoms with Gasteiger partial charge >= 0.3 is 0 Å². The van der Waals surface area contributed by atoms with Gasteiger partial charge in [-0.15, -0.1) is 0 Å². The normalized spacial score (nSPS) is 10.8. The van der Waals surface area contributed by atoms with E-state index in [9.17, 15) is 14.0 Å². The second-order valence-corrected chi connectivity index (χ2v) is 7.58. The molecule has 3 rings (SSSR count). The number of nitrogens with two attached hydrogens (primary N) is 1. The van der Waals surface area contributed by atoms with E-state index in [4.69, 9.17) is 5.73 Å². The molecule has 32 heavy (non-hydrogen) atoms. The van der Waals surface area contributed by atoms with Gasteiger partial charge in [-0.1, -0.05) is 12.1 Å². The molecule has 0 atom stereocenters. The topological polar surface area (TPSA) is 115 Å². The van der Waals surface area contributed by atoms with E-state index in [1.807, 2.05) is 6.07 Å². The van der Waals surface area contributed by atoms with E-state index in [1.165, 1.54) is 16.7 Å². The minimum absolute atomic E-state index is 0.111. The number of halogens is 1. The van der Waals surface area contributed by atoms with Crippen molar-refractivity contribution in [2.75, 3.05) is 24.6 Å². The summed E-state index contributed by atoms with van der Waals surface area (Å²) in [6.07, 6.45) is 2.22. The Kier molecular flexibility index (Phi) is 6.87. The number of hydrogen-bond acceptors (Lipinski definition) is 6. The van der Waals surface area contributed by atoms with Crippen LogP contribution in [0.4, 0.5) is 15.9 Å². The van der Waals surface area contributed by atoms with Crippen molar-refractivity contribution >= 4 is 17.4 Å². The molecule has 0 radical (unpaired) electrons. The number of aromatic nitrogens is 3. The van der Waals surface area contributed by atoms with Gasteiger partial charge in [0.15, 0.2) is 5.82 Å². The second-order valence-electron chi connectivity index (χ2n) is 7.58. The summed E-state index contributed by atoms with van der Waals surface area (Å²) in [5.74, 6) is 0.0982. The quantitative estimate of drug-likeness (QED) is 0.521. The molecule has 0 aliphatic rings. The zero-order chi connectivity index (χ0) is 23.4. The highest BCUT2D eigenvalue weighted by Gasteiger charge is 2.19. The Hall–Kier alpha value is -3.75. The van der Waals surface area contributed by atoms with Crippen molar-refractivity contribution in [1.82, 2.24) is 19.9 Å². The SMILES string of the molecule is CNC(=O)Cc1c(C)nc(-n2c(C)cnc(NCCc3cccc(F)c3)c2=O)c(C)c1N. The third-order valence-electron chi connectivity index (χ3n) is 5.34. The molecule has 3 aromatic rings. The lowest BCUT2D eigenvalue weighted by Gasteiger charge is -2.18. The van der Waals surface area contributed by atoms with E-state index < -0.39 is 0 Å². The lowest BCUT2D eigenvalue weighted by atomic mass is 10.0. The minimum Gasteiger partial charge on any atom is -0.398 e. The molecule has 0 aliphatic heterocycles. The third kappa shape index (κ3) is 4.77. The molecule has 0 fully saturated rings. The molecule has 0 unspecified atom stereocenters. The maximum atomic E-state index is 13.4. The standard InChI is InChI=1S/C23H27FN6O2/c1-13-12-28-21(27-9-8-16-6-5-7-17(24)10-16)23(32)30(13)22-14(2)20(25)18(15(3)29-22)11-19(31)26-4/h5-7,10,12H,8-9,11H2,1-4H3,(H2,25,29)(H,26,31)(H,27,28). The number of carbonyl (C=O) groups excluding carboxylic acids is 1. The van der Waals surface area contributed by atoms with Crippen LogP contribution in [-0.2, 0) is 17.6 Å². The fraction of sp³-hybridized carbons (Fsp3) is 0.304. The number of anilines is 2. The Labute approximate surface area is 185 Å². The van der Waals surface area contributed by atoms with Gasteiger partial charge in [0, 0.05) is 48.0 Å². The summed E-state index contributed by atoms with van der Waals surface area (Å²) in [7, 11) is 1.56. The Morgan fingerprint density at radius 2 is 2.00 bits per heavy atom. The van der Waals surface area contributed by atoms with E-state index in [2.05, 4.69) is 20.6 Å².